The van der Waals surface area contributed by atoms with Crippen molar-refractivity contribution in [1.29, 1.82) is 0 Å². The van der Waals surface area contributed by atoms with Gasteiger partial charge in [0.05, 0.1) is 12.3 Å². The third kappa shape index (κ3) is 5.40. The molecular formula is C13H19NO4S. The monoisotopic (exact) mass is 285 g/mol. The van der Waals surface area contributed by atoms with E-state index in [0.717, 1.165) is 4.88 Å². The topological polar surface area (TPSA) is 77.8 Å². The molecule has 1 aromatic rings. The van der Waals surface area contributed by atoms with Crippen molar-refractivity contribution >= 4 is 23.2 Å². The summed E-state index contributed by atoms with van der Waals surface area (Å²) in [5.74, 6) is -1.62. The van der Waals surface area contributed by atoms with E-state index in [-0.39, 0.29) is 25.5 Å². The van der Waals surface area contributed by atoms with Crippen LogP contribution in [-0.2, 0) is 16.0 Å². The summed E-state index contributed by atoms with van der Waals surface area (Å²) in [6.45, 7) is 2.13. The second kappa shape index (κ2) is 7.91. The number of hydrogen-bond donors (Lipinski definition) is 2. The second-order valence-corrected chi connectivity index (χ2v) is 5.44. The maximum atomic E-state index is 12.1. The predicted molar refractivity (Wildman–Crippen MR) is 73.1 cm³/mol. The number of thiophene rings is 1. The number of hydrogen-bond acceptors (Lipinski definition) is 4. The summed E-state index contributed by atoms with van der Waals surface area (Å²) in [6, 6.07) is 3.76. The minimum atomic E-state index is -0.919. The van der Waals surface area contributed by atoms with Crippen LogP contribution in [0.5, 0.6) is 0 Å². The Balaban J connectivity index is 2.61. The van der Waals surface area contributed by atoms with Crippen molar-refractivity contribution in [2.24, 2.45) is 5.92 Å². The Bertz CT molecular complexity index is 405. The zero-order chi connectivity index (χ0) is 14.3. The second-order valence-electron chi connectivity index (χ2n) is 4.41. The van der Waals surface area contributed by atoms with Crippen LogP contribution in [0.25, 0.3) is 0 Å². The highest BCUT2D eigenvalue weighted by atomic mass is 32.1. The van der Waals surface area contributed by atoms with Crippen molar-refractivity contribution in [3.8, 4) is 0 Å². The predicted octanol–water partition coefficient (Wildman–Crippen LogP) is 1.22. The van der Waals surface area contributed by atoms with Crippen molar-refractivity contribution < 1.29 is 19.8 Å². The number of rotatable bonds is 8. The Labute approximate surface area is 116 Å². The van der Waals surface area contributed by atoms with Gasteiger partial charge in [0.15, 0.2) is 0 Å². The van der Waals surface area contributed by atoms with Gasteiger partial charge in [0.2, 0.25) is 5.91 Å². The molecule has 0 bridgehead atoms. The lowest BCUT2D eigenvalue weighted by Gasteiger charge is -2.24. The molecule has 0 saturated heterocycles. The number of carboxylic acids is 1. The number of amides is 1. The van der Waals surface area contributed by atoms with Crippen molar-refractivity contribution in [2.75, 3.05) is 19.7 Å². The smallest absolute Gasteiger partial charge is 0.308 e. The van der Waals surface area contributed by atoms with E-state index < -0.39 is 11.9 Å². The molecule has 0 radical (unpaired) electrons. The summed E-state index contributed by atoms with van der Waals surface area (Å²) >= 11 is 1.50. The van der Waals surface area contributed by atoms with Crippen LogP contribution in [0.2, 0.25) is 0 Å². The van der Waals surface area contributed by atoms with Crippen LogP contribution in [-0.4, -0.2) is 46.7 Å². The molecule has 2 N–H and O–H groups in total. The molecule has 0 aliphatic heterocycles. The SMILES string of the molecule is CC(CN(CCCO)C(=O)Cc1cccs1)C(=O)O. The van der Waals surface area contributed by atoms with Gasteiger partial charge in [-0.1, -0.05) is 13.0 Å². The minimum absolute atomic E-state index is 0.00969. The van der Waals surface area contributed by atoms with Crippen LogP contribution < -0.4 is 0 Å². The molecule has 0 fully saturated rings. The summed E-state index contributed by atoms with van der Waals surface area (Å²) in [4.78, 5) is 25.5. The van der Waals surface area contributed by atoms with Crippen LogP contribution >= 0.6 is 11.3 Å². The van der Waals surface area contributed by atoms with Gasteiger partial charge in [0, 0.05) is 24.6 Å². The molecule has 0 spiro atoms. The number of carbonyl (C=O) groups is 2. The molecule has 1 heterocycles. The molecule has 5 nitrogen and oxygen atoms in total. The summed E-state index contributed by atoms with van der Waals surface area (Å²) in [6.07, 6.45) is 0.748. The lowest BCUT2D eigenvalue weighted by Crippen LogP contribution is -2.38. The van der Waals surface area contributed by atoms with Crippen LogP contribution in [0.4, 0.5) is 0 Å². The Kier molecular flexibility index (Phi) is 6.52. The standard InChI is InChI=1S/C13H19NO4S/c1-10(13(17)18)9-14(5-3-6-15)12(16)8-11-4-2-7-19-11/h2,4,7,10,15H,3,5-6,8-9H2,1H3,(H,17,18). The molecule has 1 amide bonds. The van der Waals surface area contributed by atoms with Gasteiger partial charge in [-0.3, -0.25) is 9.59 Å². The molecule has 1 aromatic heterocycles. The number of carboxylic acid groups (broad SMARTS) is 1. The van der Waals surface area contributed by atoms with Gasteiger partial charge in [-0.2, -0.15) is 0 Å². The first kappa shape index (κ1) is 15.7. The van der Waals surface area contributed by atoms with Crippen molar-refractivity contribution in [3.63, 3.8) is 0 Å². The van der Waals surface area contributed by atoms with E-state index in [4.69, 9.17) is 10.2 Å². The number of nitrogens with zero attached hydrogens (tertiary/aromatic N) is 1. The third-order valence-corrected chi connectivity index (χ3v) is 3.64. The molecule has 0 aromatic carbocycles. The van der Waals surface area contributed by atoms with E-state index >= 15 is 0 Å². The molecule has 6 heteroatoms. The molecule has 0 saturated carbocycles. The Morgan fingerprint density at radius 3 is 2.74 bits per heavy atom. The van der Waals surface area contributed by atoms with E-state index in [2.05, 4.69) is 0 Å². The van der Waals surface area contributed by atoms with Crippen LogP contribution in [0, 0.1) is 5.92 Å². The highest BCUT2D eigenvalue weighted by Gasteiger charge is 2.20. The number of aliphatic hydroxyl groups is 1. The van der Waals surface area contributed by atoms with E-state index in [0.29, 0.717) is 13.0 Å². The third-order valence-electron chi connectivity index (χ3n) is 2.76. The summed E-state index contributed by atoms with van der Waals surface area (Å²) < 4.78 is 0. The van der Waals surface area contributed by atoms with Gasteiger partial charge in [-0.05, 0) is 17.9 Å². The zero-order valence-electron chi connectivity index (χ0n) is 10.9. The average Bonchev–Trinajstić information content (AvgIpc) is 2.86. The number of carbonyl (C=O) groups excluding carboxylic acids is 1. The summed E-state index contributed by atoms with van der Waals surface area (Å²) in [7, 11) is 0. The Morgan fingerprint density at radius 2 is 2.21 bits per heavy atom. The van der Waals surface area contributed by atoms with Gasteiger partial charge < -0.3 is 15.1 Å². The van der Waals surface area contributed by atoms with Crippen molar-refractivity contribution in [2.45, 2.75) is 19.8 Å². The normalized spacial score (nSPS) is 12.1. The van der Waals surface area contributed by atoms with Crippen LogP contribution in [0.1, 0.15) is 18.2 Å². The molecule has 0 aliphatic carbocycles. The fraction of sp³-hybridized carbons (Fsp3) is 0.538. The maximum Gasteiger partial charge on any atom is 0.308 e. The van der Waals surface area contributed by atoms with E-state index in [1.54, 1.807) is 6.92 Å². The summed E-state index contributed by atoms with van der Waals surface area (Å²) in [5, 5.41) is 19.7. The van der Waals surface area contributed by atoms with Gasteiger partial charge in [-0.25, -0.2) is 0 Å². The lowest BCUT2D eigenvalue weighted by atomic mass is 10.1. The molecule has 1 unspecified atom stereocenters. The van der Waals surface area contributed by atoms with Gasteiger partial charge >= 0.3 is 5.97 Å². The quantitative estimate of drug-likeness (QED) is 0.753. The van der Waals surface area contributed by atoms with Crippen LogP contribution in [0.3, 0.4) is 0 Å². The first-order valence-corrected chi connectivity index (χ1v) is 7.06. The largest absolute Gasteiger partial charge is 0.481 e. The number of aliphatic hydroxyl groups excluding tert-OH is 1. The highest BCUT2D eigenvalue weighted by molar-refractivity contribution is 7.10. The fourth-order valence-electron chi connectivity index (χ4n) is 1.66. The van der Waals surface area contributed by atoms with Gasteiger partial charge in [0.1, 0.15) is 0 Å². The lowest BCUT2D eigenvalue weighted by molar-refractivity contribution is -0.143. The minimum Gasteiger partial charge on any atom is -0.481 e. The molecular weight excluding hydrogens is 266 g/mol. The van der Waals surface area contributed by atoms with E-state index in [1.807, 2.05) is 17.5 Å². The van der Waals surface area contributed by atoms with Crippen molar-refractivity contribution in [3.05, 3.63) is 22.4 Å². The molecule has 106 valence electrons. The average molecular weight is 285 g/mol. The van der Waals surface area contributed by atoms with Crippen molar-refractivity contribution in [1.82, 2.24) is 4.90 Å². The van der Waals surface area contributed by atoms with Gasteiger partial charge in [-0.15, -0.1) is 11.3 Å². The van der Waals surface area contributed by atoms with E-state index in [1.165, 1.54) is 16.2 Å². The first-order valence-electron chi connectivity index (χ1n) is 6.18. The van der Waals surface area contributed by atoms with E-state index in [9.17, 15) is 9.59 Å². The summed E-state index contributed by atoms with van der Waals surface area (Å²) in [5.41, 5.74) is 0. The van der Waals surface area contributed by atoms with Crippen LogP contribution in [0.15, 0.2) is 17.5 Å². The Morgan fingerprint density at radius 1 is 1.47 bits per heavy atom. The molecule has 1 rings (SSSR count). The fourth-order valence-corrected chi connectivity index (χ4v) is 2.36. The Hall–Kier alpha value is -1.40. The molecule has 19 heavy (non-hydrogen) atoms. The molecule has 0 aliphatic rings. The highest BCUT2D eigenvalue weighted by Crippen LogP contribution is 2.12. The first-order chi connectivity index (χ1) is 9.04. The zero-order valence-corrected chi connectivity index (χ0v) is 11.7. The molecule has 1 atom stereocenters. The maximum absolute atomic E-state index is 12.1. The number of aliphatic carboxylic acids is 1. The van der Waals surface area contributed by atoms with Gasteiger partial charge in [0.25, 0.3) is 0 Å².